The summed E-state index contributed by atoms with van der Waals surface area (Å²) in [6.07, 6.45) is 26.0. The van der Waals surface area contributed by atoms with Gasteiger partial charge in [-0.2, -0.15) is 0 Å². The average Bonchev–Trinajstić information content (AvgIpc) is 2.22. The van der Waals surface area contributed by atoms with Crippen molar-refractivity contribution in [2.24, 2.45) is 0 Å². The molecule has 0 fully saturated rings. The van der Waals surface area contributed by atoms with Gasteiger partial charge in [-0.25, -0.2) is 0 Å². The molecule has 0 saturated heterocycles. The van der Waals surface area contributed by atoms with Crippen molar-refractivity contribution < 1.29 is 0 Å². The zero-order chi connectivity index (χ0) is 9.90. The van der Waals surface area contributed by atoms with Gasteiger partial charge in [0.15, 0.2) is 0 Å². The van der Waals surface area contributed by atoms with Crippen LogP contribution in [0.5, 0.6) is 0 Å². The lowest BCUT2D eigenvalue weighted by molar-refractivity contribution is 1.05. The van der Waals surface area contributed by atoms with Crippen LogP contribution in [0.15, 0.2) is 60.8 Å². The zero-order valence-electron chi connectivity index (χ0n) is 8.60. The molecule has 0 heteroatoms. The van der Waals surface area contributed by atoms with Crippen LogP contribution in [0.25, 0.3) is 0 Å². The molecule has 0 nitrogen and oxygen atoms in total. The molecule has 0 N–H and O–H groups in total. The highest BCUT2D eigenvalue weighted by Gasteiger charge is 1.76. The summed E-state index contributed by atoms with van der Waals surface area (Å²) in [6.45, 7) is 0. The van der Waals surface area contributed by atoms with E-state index < -0.39 is 0 Å². The minimum Gasteiger partial charge on any atom is -0.0844 e. The molecule has 14 heavy (non-hydrogen) atoms. The van der Waals surface area contributed by atoms with Crippen LogP contribution in [0.2, 0.25) is 0 Å². The first-order valence-corrected chi connectivity index (χ1v) is 5.28. The van der Waals surface area contributed by atoms with Crippen LogP contribution in [0.1, 0.15) is 25.7 Å². The van der Waals surface area contributed by atoms with Crippen molar-refractivity contribution in [3.63, 3.8) is 0 Å². The van der Waals surface area contributed by atoms with E-state index in [4.69, 9.17) is 0 Å². The number of hydrogen-bond donors (Lipinski definition) is 0. The Hall–Kier alpha value is -1.30. The molecule has 0 heterocycles. The largest absolute Gasteiger partial charge is 0.0844 e. The first-order chi connectivity index (χ1) is 7.00. The summed E-state index contributed by atoms with van der Waals surface area (Å²) in [5.74, 6) is 0. The molecule has 74 valence electrons. The summed E-state index contributed by atoms with van der Waals surface area (Å²) in [7, 11) is 0. The van der Waals surface area contributed by atoms with Crippen LogP contribution in [-0.2, 0) is 0 Å². The summed E-state index contributed by atoms with van der Waals surface area (Å²) in [5, 5.41) is 0. The van der Waals surface area contributed by atoms with E-state index in [9.17, 15) is 0 Å². The third kappa shape index (κ3) is 6.24. The van der Waals surface area contributed by atoms with Crippen molar-refractivity contribution in [2.45, 2.75) is 25.7 Å². The lowest BCUT2D eigenvalue weighted by Gasteiger charge is -1.86. The highest BCUT2D eigenvalue weighted by atomic mass is 13.8. The van der Waals surface area contributed by atoms with Crippen LogP contribution in [-0.4, -0.2) is 0 Å². The first-order valence-electron chi connectivity index (χ1n) is 5.28. The van der Waals surface area contributed by atoms with Gasteiger partial charge in [0.2, 0.25) is 0 Å². The van der Waals surface area contributed by atoms with Crippen LogP contribution in [0.3, 0.4) is 0 Å². The summed E-state index contributed by atoms with van der Waals surface area (Å²) >= 11 is 0. The topological polar surface area (TPSA) is 0 Å². The van der Waals surface area contributed by atoms with Gasteiger partial charge in [0.1, 0.15) is 0 Å². The van der Waals surface area contributed by atoms with Crippen molar-refractivity contribution in [3.8, 4) is 0 Å². The van der Waals surface area contributed by atoms with Gasteiger partial charge in [-0.1, -0.05) is 60.8 Å². The first kappa shape index (κ1) is 10.8. The maximum atomic E-state index is 2.21. The maximum Gasteiger partial charge on any atom is -0.0166 e. The Balaban J connectivity index is 2.45. The van der Waals surface area contributed by atoms with Crippen LogP contribution >= 0.6 is 0 Å². The Morgan fingerprint density at radius 2 is 0.857 bits per heavy atom. The Morgan fingerprint density at radius 3 is 1.36 bits per heavy atom. The number of allylic oxidation sites excluding steroid dienone is 10. The quantitative estimate of drug-likeness (QED) is 0.494. The maximum absolute atomic E-state index is 2.21. The molecule has 0 spiro atoms. The van der Waals surface area contributed by atoms with E-state index in [1.54, 1.807) is 0 Å². The van der Waals surface area contributed by atoms with Gasteiger partial charge in [0.25, 0.3) is 0 Å². The molecular formula is C14H18. The standard InChI is InChI=1S/C14H18/c1-2-4-6-8-10-12-14-13-11-9-7-5-3-1/h1-4,7,9-10,12-14H,5-6,8,11H2/b3-1+,4-2?,9-7?,12-10?,14-13?. The molecule has 1 rings (SSSR count). The highest BCUT2D eigenvalue weighted by Crippen LogP contribution is 1.97. The second-order valence-electron chi connectivity index (χ2n) is 3.23. The molecule has 0 aliphatic heterocycles. The summed E-state index contributed by atoms with van der Waals surface area (Å²) in [4.78, 5) is 0. The number of hydrogen-bond acceptors (Lipinski definition) is 0. The zero-order valence-corrected chi connectivity index (χ0v) is 8.60. The predicted octanol–water partition coefficient (Wildman–Crippen LogP) is 4.34. The summed E-state index contributed by atoms with van der Waals surface area (Å²) in [6, 6.07) is 0. The Morgan fingerprint density at radius 1 is 0.429 bits per heavy atom. The van der Waals surface area contributed by atoms with E-state index in [0.29, 0.717) is 0 Å². The van der Waals surface area contributed by atoms with E-state index in [0.717, 1.165) is 25.7 Å². The third-order valence-electron chi connectivity index (χ3n) is 1.98. The fourth-order valence-electron chi connectivity index (χ4n) is 1.21. The fraction of sp³-hybridized carbons (Fsp3) is 0.286. The summed E-state index contributed by atoms with van der Waals surface area (Å²) < 4.78 is 0. The highest BCUT2D eigenvalue weighted by molar-refractivity contribution is 5.09. The monoisotopic (exact) mass is 186 g/mol. The third-order valence-corrected chi connectivity index (χ3v) is 1.98. The van der Waals surface area contributed by atoms with Crippen molar-refractivity contribution in [1.29, 1.82) is 0 Å². The lowest BCUT2D eigenvalue weighted by atomic mass is 10.2. The molecule has 1 aliphatic rings. The van der Waals surface area contributed by atoms with Gasteiger partial charge in [-0.3, -0.25) is 0 Å². The molecule has 0 radical (unpaired) electrons. The second-order valence-corrected chi connectivity index (χ2v) is 3.23. The smallest absolute Gasteiger partial charge is 0.0166 e. The van der Waals surface area contributed by atoms with E-state index in [1.165, 1.54) is 0 Å². The molecule has 0 aromatic carbocycles. The van der Waals surface area contributed by atoms with Gasteiger partial charge in [0.05, 0.1) is 0 Å². The van der Waals surface area contributed by atoms with Crippen LogP contribution in [0.4, 0.5) is 0 Å². The van der Waals surface area contributed by atoms with Gasteiger partial charge in [0, 0.05) is 0 Å². The van der Waals surface area contributed by atoms with Crippen molar-refractivity contribution in [2.75, 3.05) is 0 Å². The summed E-state index contributed by atoms with van der Waals surface area (Å²) in [5.41, 5.74) is 0. The predicted molar refractivity (Wildman–Crippen MR) is 64.2 cm³/mol. The lowest BCUT2D eigenvalue weighted by Crippen LogP contribution is -1.65. The fourth-order valence-corrected chi connectivity index (χ4v) is 1.21. The molecule has 0 aromatic heterocycles. The Bertz CT molecular complexity index is 234. The van der Waals surface area contributed by atoms with Crippen molar-refractivity contribution in [3.05, 3.63) is 60.8 Å². The minimum absolute atomic E-state index is 1.04. The molecule has 0 atom stereocenters. The molecule has 0 aromatic rings. The van der Waals surface area contributed by atoms with E-state index in [2.05, 4.69) is 60.8 Å². The molecule has 0 amide bonds. The van der Waals surface area contributed by atoms with Crippen LogP contribution in [0, 0.1) is 0 Å². The molecule has 1 aliphatic carbocycles. The van der Waals surface area contributed by atoms with E-state index >= 15 is 0 Å². The van der Waals surface area contributed by atoms with Gasteiger partial charge >= 0.3 is 0 Å². The van der Waals surface area contributed by atoms with E-state index in [-0.39, 0.29) is 0 Å². The average molecular weight is 186 g/mol. The van der Waals surface area contributed by atoms with Gasteiger partial charge in [-0.05, 0) is 25.7 Å². The molecule has 0 saturated carbocycles. The van der Waals surface area contributed by atoms with Crippen molar-refractivity contribution in [1.82, 2.24) is 0 Å². The minimum atomic E-state index is 1.04. The molecule has 0 bridgehead atoms. The Kier molecular flexibility index (Phi) is 6.39. The second kappa shape index (κ2) is 8.31. The van der Waals surface area contributed by atoms with Gasteiger partial charge < -0.3 is 0 Å². The van der Waals surface area contributed by atoms with E-state index in [1.807, 2.05) is 0 Å². The SMILES string of the molecule is C1=CCC=CC/C=C/C=CCCC=C1. The van der Waals surface area contributed by atoms with Crippen LogP contribution < -0.4 is 0 Å². The molecule has 0 unspecified atom stereocenters. The Labute approximate surface area is 87.0 Å². The van der Waals surface area contributed by atoms with Crippen molar-refractivity contribution >= 4 is 0 Å². The molecular weight excluding hydrogens is 168 g/mol. The number of rotatable bonds is 0. The van der Waals surface area contributed by atoms with Gasteiger partial charge in [-0.15, -0.1) is 0 Å². The normalized spacial score (nSPS) is 20.6.